The van der Waals surface area contributed by atoms with Gasteiger partial charge in [-0.15, -0.1) is 6.42 Å². The maximum atomic E-state index is 11.4. The van der Waals surface area contributed by atoms with Gasteiger partial charge >= 0.3 is 5.97 Å². The number of ether oxygens (including phenoxy) is 2. The molecule has 0 atom stereocenters. The second-order valence-electron chi connectivity index (χ2n) is 4.86. The Kier molecular flexibility index (Phi) is 7.63. The Hall–Kier alpha value is -1.68. The number of hydrogen-bond donors (Lipinski definition) is 0. The molecule has 0 aromatic heterocycles. The topological polar surface area (TPSA) is 35.5 Å². The lowest BCUT2D eigenvalue weighted by atomic mass is 10.2. The molecule has 6 heteroatoms. The molecular formula is C19H13Cl2IO3. The second-order valence-corrected chi connectivity index (χ2v) is 6.87. The molecule has 0 fully saturated rings. The molecule has 0 aliphatic heterocycles. The number of hydrogen-bond acceptors (Lipinski definition) is 3. The molecule has 0 amide bonds. The fourth-order valence-electron chi connectivity index (χ4n) is 1.86. The van der Waals surface area contributed by atoms with Crippen LogP contribution in [0, 0.1) is 15.9 Å². The molecule has 0 radical (unpaired) electrons. The quantitative estimate of drug-likeness (QED) is 0.238. The molecule has 0 unspecified atom stereocenters. The van der Waals surface area contributed by atoms with E-state index in [1.807, 2.05) is 24.3 Å². The van der Waals surface area contributed by atoms with Gasteiger partial charge < -0.3 is 9.47 Å². The smallest absolute Gasteiger partial charge is 0.331 e. The third-order valence-corrected chi connectivity index (χ3v) is 4.49. The minimum absolute atomic E-state index is 0.0409. The summed E-state index contributed by atoms with van der Waals surface area (Å²) in [5.74, 6) is 2.48. The van der Waals surface area contributed by atoms with Crippen LogP contribution >= 0.6 is 45.8 Å². The van der Waals surface area contributed by atoms with Crippen molar-refractivity contribution < 1.29 is 14.3 Å². The lowest BCUT2D eigenvalue weighted by molar-refractivity contribution is -0.136. The van der Waals surface area contributed by atoms with Gasteiger partial charge in [-0.1, -0.05) is 41.3 Å². The molecule has 0 N–H and O–H groups in total. The third-order valence-electron chi connectivity index (χ3n) is 3.06. The zero-order chi connectivity index (χ0) is 18.2. The first-order valence-corrected chi connectivity index (χ1v) is 8.97. The highest BCUT2D eigenvalue weighted by Gasteiger charge is 2.06. The lowest BCUT2D eigenvalue weighted by Crippen LogP contribution is -2.00. The monoisotopic (exact) mass is 486 g/mol. The van der Waals surface area contributed by atoms with E-state index in [4.69, 9.17) is 39.1 Å². The van der Waals surface area contributed by atoms with Crippen LogP contribution in [0.3, 0.4) is 0 Å². The molecule has 0 saturated heterocycles. The number of carbonyl (C=O) groups excluding carboxylic acids is 1. The highest BCUT2D eigenvalue weighted by molar-refractivity contribution is 14.1. The molecule has 2 rings (SSSR count). The molecule has 0 aliphatic rings. The second kappa shape index (κ2) is 9.71. The van der Waals surface area contributed by atoms with Crippen molar-refractivity contribution in [3.8, 4) is 18.1 Å². The summed E-state index contributed by atoms with van der Waals surface area (Å²) in [5, 5.41) is 1.15. The van der Waals surface area contributed by atoms with E-state index in [9.17, 15) is 4.79 Å². The summed E-state index contributed by atoms with van der Waals surface area (Å²) >= 11 is 14.2. The van der Waals surface area contributed by atoms with Gasteiger partial charge in [0.1, 0.15) is 12.4 Å². The van der Waals surface area contributed by atoms with Crippen LogP contribution in [0.1, 0.15) is 11.1 Å². The highest BCUT2D eigenvalue weighted by Crippen LogP contribution is 2.26. The summed E-state index contributed by atoms with van der Waals surface area (Å²) < 4.78 is 11.5. The van der Waals surface area contributed by atoms with E-state index < -0.39 is 5.97 Å². The van der Waals surface area contributed by atoms with Crippen LogP contribution in [0.2, 0.25) is 10.0 Å². The van der Waals surface area contributed by atoms with Crippen LogP contribution in [0.5, 0.6) is 5.75 Å². The van der Waals surface area contributed by atoms with Crippen LogP contribution in [-0.4, -0.2) is 12.6 Å². The standard InChI is InChI=1S/C19H13Cl2IO3/c1-2-9-24-19(23)8-4-13-3-7-18(17(22)10-13)25-12-14-5-6-15(20)11-16(14)21/h1,3-8,10-11H,9,12H2/b8-4+. The molecule has 0 heterocycles. The summed E-state index contributed by atoms with van der Waals surface area (Å²) in [7, 11) is 0. The highest BCUT2D eigenvalue weighted by atomic mass is 127. The van der Waals surface area contributed by atoms with Crippen molar-refractivity contribution in [2.75, 3.05) is 6.61 Å². The molecule has 128 valence electrons. The molecule has 0 bridgehead atoms. The summed E-state index contributed by atoms with van der Waals surface area (Å²) in [6, 6.07) is 10.8. The Morgan fingerprint density at radius 3 is 2.72 bits per heavy atom. The fraction of sp³-hybridized carbons (Fsp3) is 0.105. The van der Waals surface area contributed by atoms with E-state index in [0.29, 0.717) is 16.7 Å². The van der Waals surface area contributed by atoms with E-state index in [-0.39, 0.29) is 6.61 Å². The minimum atomic E-state index is -0.481. The van der Waals surface area contributed by atoms with Crippen LogP contribution in [0.4, 0.5) is 0 Å². The molecule has 0 saturated carbocycles. The largest absolute Gasteiger partial charge is 0.488 e. The molecular weight excluding hydrogens is 474 g/mol. The number of rotatable bonds is 6. The number of esters is 1. The zero-order valence-electron chi connectivity index (χ0n) is 13.0. The first kappa shape index (κ1) is 19.6. The average Bonchev–Trinajstić information content (AvgIpc) is 2.58. The van der Waals surface area contributed by atoms with Crippen molar-refractivity contribution in [3.63, 3.8) is 0 Å². The van der Waals surface area contributed by atoms with Crippen molar-refractivity contribution in [2.24, 2.45) is 0 Å². The molecule has 3 nitrogen and oxygen atoms in total. The Morgan fingerprint density at radius 2 is 2.04 bits per heavy atom. The first-order valence-electron chi connectivity index (χ1n) is 7.14. The Bertz CT molecular complexity index is 841. The maximum absolute atomic E-state index is 11.4. The van der Waals surface area contributed by atoms with Gasteiger partial charge in [0.2, 0.25) is 0 Å². The molecule has 2 aromatic rings. The predicted molar refractivity (Wildman–Crippen MR) is 109 cm³/mol. The van der Waals surface area contributed by atoms with Gasteiger partial charge in [-0.05, 0) is 58.5 Å². The summed E-state index contributed by atoms with van der Waals surface area (Å²) in [6.07, 6.45) is 8.01. The van der Waals surface area contributed by atoms with Crippen molar-refractivity contribution in [3.05, 3.63) is 67.2 Å². The SMILES string of the molecule is C#CCOC(=O)/C=C/c1ccc(OCc2ccc(Cl)cc2Cl)c(I)c1. The van der Waals surface area contributed by atoms with Gasteiger partial charge in [0.25, 0.3) is 0 Å². The van der Waals surface area contributed by atoms with Crippen LogP contribution in [0.15, 0.2) is 42.5 Å². The molecule has 0 spiro atoms. The van der Waals surface area contributed by atoms with Gasteiger partial charge in [-0.3, -0.25) is 0 Å². The lowest BCUT2D eigenvalue weighted by Gasteiger charge is -2.10. The van der Waals surface area contributed by atoms with Crippen LogP contribution in [-0.2, 0) is 16.1 Å². The van der Waals surface area contributed by atoms with E-state index in [1.165, 1.54) is 6.08 Å². The number of carbonyl (C=O) groups is 1. The van der Waals surface area contributed by atoms with Gasteiger partial charge in [-0.2, -0.15) is 0 Å². The summed E-state index contributed by atoms with van der Waals surface area (Å²) in [5.41, 5.74) is 1.70. The van der Waals surface area contributed by atoms with Crippen molar-refractivity contribution in [2.45, 2.75) is 6.61 Å². The summed E-state index contributed by atoms with van der Waals surface area (Å²) in [4.78, 5) is 11.4. The Balaban J connectivity index is 2.00. The van der Waals surface area contributed by atoms with Crippen molar-refractivity contribution >= 4 is 57.8 Å². The molecule has 2 aromatic carbocycles. The van der Waals surface area contributed by atoms with E-state index in [2.05, 4.69) is 28.5 Å². The van der Waals surface area contributed by atoms with E-state index in [1.54, 1.807) is 18.2 Å². The van der Waals surface area contributed by atoms with Crippen LogP contribution in [0.25, 0.3) is 6.08 Å². The van der Waals surface area contributed by atoms with Crippen LogP contribution < -0.4 is 4.74 Å². The molecule has 0 aliphatic carbocycles. The van der Waals surface area contributed by atoms with Gasteiger partial charge in [0.15, 0.2) is 6.61 Å². The number of terminal acetylenes is 1. The van der Waals surface area contributed by atoms with Gasteiger partial charge in [0.05, 0.1) is 3.57 Å². The Morgan fingerprint density at radius 1 is 1.24 bits per heavy atom. The van der Waals surface area contributed by atoms with E-state index >= 15 is 0 Å². The Labute approximate surface area is 170 Å². The van der Waals surface area contributed by atoms with Gasteiger partial charge in [0, 0.05) is 21.7 Å². The van der Waals surface area contributed by atoms with Gasteiger partial charge in [-0.25, -0.2) is 4.79 Å². The number of benzene rings is 2. The minimum Gasteiger partial charge on any atom is -0.488 e. The predicted octanol–water partition coefficient (Wildman–Crippen LogP) is 5.37. The summed E-state index contributed by atoms with van der Waals surface area (Å²) in [6.45, 7) is 0.292. The normalized spacial score (nSPS) is 10.5. The number of halogens is 3. The van der Waals surface area contributed by atoms with E-state index in [0.717, 1.165) is 20.4 Å². The third kappa shape index (κ3) is 6.28. The van der Waals surface area contributed by atoms with Crippen molar-refractivity contribution in [1.29, 1.82) is 0 Å². The molecule has 25 heavy (non-hydrogen) atoms. The fourth-order valence-corrected chi connectivity index (χ4v) is 3.02. The first-order chi connectivity index (χ1) is 12.0. The zero-order valence-corrected chi connectivity index (χ0v) is 16.6. The average molecular weight is 487 g/mol. The maximum Gasteiger partial charge on any atom is 0.331 e. The van der Waals surface area contributed by atoms with Crippen molar-refractivity contribution in [1.82, 2.24) is 0 Å².